The van der Waals surface area contributed by atoms with Gasteiger partial charge in [0.05, 0.1) is 0 Å². The Labute approximate surface area is 95.3 Å². The summed E-state index contributed by atoms with van der Waals surface area (Å²) < 4.78 is 0. The summed E-state index contributed by atoms with van der Waals surface area (Å²) >= 11 is 0. The summed E-state index contributed by atoms with van der Waals surface area (Å²) in [5.41, 5.74) is 4.78. The maximum atomic E-state index is 11.6. The van der Waals surface area contributed by atoms with Gasteiger partial charge in [-0.15, -0.1) is 0 Å². The zero-order chi connectivity index (χ0) is 12.0. The Hall–Kier alpha value is -1.55. The second kappa shape index (κ2) is 5.51. The van der Waals surface area contributed by atoms with E-state index in [1.54, 1.807) is 31.2 Å². The first-order valence-electron chi connectivity index (χ1n) is 5.29. The number of nitrogens with two attached hydrogens (primary N) is 1. The lowest BCUT2D eigenvalue weighted by Crippen LogP contribution is -2.46. The Morgan fingerprint density at radius 3 is 2.56 bits per heavy atom. The number of hydrogen-bond donors (Lipinski definition) is 1. The van der Waals surface area contributed by atoms with Crippen LogP contribution in [-0.4, -0.2) is 11.5 Å². The first-order valence-corrected chi connectivity index (χ1v) is 5.29. The van der Waals surface area contributed by atoms with E-state index in [-0.39, 0.29) is 0 Å². The van der Waals surface area contributed by atoms with Gasteiger partial charge in [0.25, 0.3) is 0 Å². The van der Waals surface area contributed by atoms with Crippen molar-refractivity contribution in [3.63, 3.8) is 0 Å². The molecule has 0 spiro atoms. The first kappa shape index (κ1) is 12.5. The second-order valence-electron chi connectivity index (χ2n) is 3.93. The molecule has 4 nitrogen and oxygen atoms in total. The molecule has 1 atom stereocenters. The average molecular weight is 223 g/mol. The molecule has 0 amide bonds. The summed E-state index contributed by atoms with van der Waals surface area (Å²) in [5, 5.41) is 0. The van der Waals surface area contributed by atoms with Gasteiger partial charge in [-0.1, -0.05) is 31.5 Å². The normalized spacial score (nSPS) is 13.9. The van der Waals surface area contributed by atoms with E-state index in [2.05, 4.69) is 4.89 Å². The van der Waals surface area contributed by atoms with Crippen LogP contribution in [-0.2, 0) is 9.68 Å². The summed E-state index contributed by atoms with van der Waals surface area (Å²) in [5.74, 6) is -0.0821. The SMILES string of the molecule is CCCC(C)(N)C(=O)OOc1ccccc1. The average Bonchev–Trinajstić information content (AvgIpc) is 2.27. The quantitative estimate of drug-likeness (QED) is 0.613. The fraction of sp³-hybridized carbons (Fsp3) is 0.417. The Morgan fingerprint density at radius 2 is 2.00 bits per heavy atom. The fourth-order valence-corrected chi connectivity index (χ4v) is 1.28. The molecular weight excluding hydrogens is 206 g/mol. The van der Waals surface area contributed by atoms with Crippen LogP contribution in [0.25, 0.3) is 0 Å². The van der Waals surface area contributed by atoms with Gasteiger partial charge in [-0.25, -0.2) is 9.68 Å². The van der Waals surface area contributed by atoms with E-state index in [4.69, 9.17) is 10.6 Å². The summed E-state index contributed by atoms with van der Waals surface area (Å²) in [4.78, 5) is 21.1. The monoisotopic (exact) mass is 223 g/mol. The highest BCUT2D eigenvalue weighted by Gasteiger charge is 2.30. The molecule has 1 aromatic carbocycles. The lowest BCUT2D eigenvalue weighted by molar-refractivity contribution is -0.219. The van der Waals surface area contributed by atoms with E-state index in [9.17, 15) is 4.79 Å². The van der Waals surface area contributed by atoms with Gasteiger partial charge < -0.3 is 5.73 Å². The third-order valence-electron chi connectivity index (χ3n) is 2.19. The van der Waals surface area contributed by atoms with Crippen molar-refractivity contribution in [2.24, 2.45) is 5.73 Å². The number of para-hydroxylation sites is 1. The predicted molar refractivity (Wildman–Crippen MR) is 60.7 cm³/mol. The van der Waals surface area contributed by atoms with Crippen LogP contribution in [0.1, 0.15) is 26.7 Å². The van der Waals surface area contributed by atoms with Gasteiger partial charge in [-0.05, 0) is 25.5 Å². The van der Waals surface area contributed by atoms with Crippen molar-refractivity contribution >= 4 is 5.97 Å². The van der Waals surface area contributed by atoms with E-state index in [1.165, 1.54) is 0 Å². The van der Waals surface area contributed by atoms with Crippen molar-refractivity contribution in [3.8, 4) is 5.75 Å². The largest absolute Gasteiger partial charge is 0.374 e. The van der Waals surface area contributed by atoms with Crippen LogP contribution in [0, 0.1) is 0 Å². The van der Waals surface area contributed by atoms with E-state index in [1.807, 2.05) is 13.0 Å². The Morgan fingerprint density at radius 1 is 1.38 bits per heavy atom. The molecule has 0 aliphatic carbocycles. The number of hydrogen-bond acceptors (Lipinski definition) is 4. The second-order valence-corrected chi connectivity index (χ2v) is 3.93. The van der Waals surface area contributed by atoms with E-state index in [0.29, 0.717) is 12.2 Å². The van der Waals surface area contributed by atoms with Crippen molar-refractivity contribution in [3.05, 3.63) is 30.3 Å². The van der Waals surface area contributed by atoms with Crippen molar-refractivity contribution in [1.29, 1.82) is 0 Å². The molecule has 0 aliphatic heterocycles. The smallest absolute Gasteiger partial charge is 0.316 e. The molecule has 0 fully saturated rings. The maximum Gasteiger partial charge on any atom is 0.374 e. The summed E-state index contributed by atoms with van der Waals surface area (Å²) in [6.45, 7) is 3.59. The topological polar surface area (TPSA) is 61.6 Å². The highest BCUT2D eigenvalue weighted by atomic mass is 17.2. The van der Waals surface area contributed by atoms with Crippen LogP contribution in [0.15, 0.2) is 30.3 Å². The Bertz CT molecular complexity index is 335. The summed E-state index contributed by atoms with van der Waals surface area (Å²) in [6, 6.07) is 8.81. The molecule has 0 bridgehead atoms. The van der Waals surface area contributed by atoms with Gasteiger partial charge >= 0.3 is 5.97 Å². The maximum absolute atomic E-state index is 11.6. The minimum Gasteiger partial charge on any atom is -0.316 e. The minimum atomic E-state index is -0.996. The minimum absolute atomic E-state index is 0.475. The van der Waals surface area contributed by atoms with E-state index >= 15 is 0 Å². The molecule has 0 radical (unpaired) electrons. The summed E-state index contributed by atoms with van der Waals surface area (Å²) in [7, 11) is 0. The molecule has 0 heterocycles. The number of rotatable bonds is 5. The van der Waals surface area contributed by atoms with Crippen LogP contribution in [0.5, 0.6) is 5.75 Å². The van der Waals surface area contributed by atoms with Crippen LogP contribution in [0.2, 0.25) is 0 Å². The molecule has 0 saturated heterocycles. The molecule has 0 aromatic heterocycles. The highest BCUT2D eigenvalue weighted by molar-refractivity contribution is 5.79. The molecular formula is C12H17NO3. The molecule has 1 aromatic rings. The standard InChI is InChI=1S/C12H17NO3/c1-3-9-12(2,13)11(14)16-15-10-7-5-4-6-8-10/h4-8H,3,9,13H2,1-2H3. The molecule has 1 unspecified atom stereocenters. The Balaban J connectivity index is 2.47. The molecule has 4 heteroatoms. The molecule has 0 aliphatic rings. The molecule has 1 rings (SSSR count). The van der Waals surface area contributed by atoms with Crippen molar-refractivity contribution < 1.29 is 14.6 Å². The van der Waals surface area contributed by atoms with Gasteiger partial charge in [0, 0.05) is 0 Å². The fourth-order valence-electron chi connectivity index (χ4n) is 1.28. The van der Waals surface area contributed by atoms with Gasteiger partial charge in [-0.2, -0.15) is 0 Å². The van der Waals surface area contributed by atoms with Gasteiger partial charge in [0.15, 0.2) is 5.75 Å². The number of benzene rings is 1. The van der Waals surface area contributed by atoms with Crippen molar-refractivity contribution in [1.82, 2.24) is 0 Å². The molecule has 16 heavy (non-hydrogen) atoms. The number of carbonyl (C=O) groups is 1. The van der Waals surface area contributed by atoms with Gasteiger partial charge in [0.2, 0.25) is 0 Å². The van der Waals surface area contributed by atoms with Crippen LogP contribution >= 0.6 is 0 Å². The van der Waals surface area contributed by atoms with Crippen LogP contribution in [0.3, 0.4) is 0 Å². The van der Waals surface area contributed by atoms with Crippen molar-refractivity contribution in [2.45, 2.75) is 32.2 Å². The Kier molecular flexibility index (Phi) is 4.31. The zero-order valence-electron chi connectivity index (χ0n) is 9.60. The third kappa shape index (κ3) is 3.55. The molecule has 88 valence electrons. The zero-order valence-corrected chi connectivity index (χ0v) is 9.60. The molecule has 2 N–H and O–H groups in total. The third-order valence-corrected chi connectivity index (χ3v) is 2.19. The highest BCUT2D eigenvalue weighted by Crippen LogP contribution is 2.13. The van der Waals surface area contributed by atoms with Gasteiger partial charge in [0.1, 0.15) is 5.54 Å². The lowest BCUT2D eigenvalue weighted by atomic mass is 9.98. The van der Waals surface area contributed by atoms with Crippen LogP contribution < -0.4 is 10.6 Å². The number of carbonyl (C=O) groups excluding carboxylic acids is 1. The lowest BCUT2D eigenvalue weighted by Gasteiger charge is -2.20. The molecule has 0 saturated carbocycles. The van der Waals surface area contributed by atoms with Crippen LogP contribution in [0.4, 0.5) is 0 Å². The van der Waals surface area contributed by atoms with E-state index in [0.717, 1.165) is 6.42 Å². The first-order chi connectivity index (χ1) is 7.56. The van der Waals surface area contributed by atoms with Crippen molar-refractivity contribution in [2.75, 3.05) is 0 Å². The van der Waals surface area contributed by atoms with Gasteiger partial charge in [-0.3, -0.25) is 4.89 Å². The van der Waals surface area contributed by atoms with E-state index < -0.39 is 11.5 Å². The summed E-state index contributed by atoms with van der Waals surface area (Å²) in [6.07, 6.45) is 1.37. The predicted octanol–water partition coefficient (Wildman–Crippen LogP) is 2.04.